The molecule has 1 fully saturated rings. The number of benzene rings is 2. The molecule has 1 aromatic heterocycles. The molecule has 0 bridgehead atoms. The molecule has 0 spiro atoms. The fourth-order valence-corrected chi connectivity index (χ4v) is 5.58. The lowest BCUT2D eigenvalue weighted by molar-refractivity contribution is -0.0178. The van der Waals surface area contributed by atoms with E-state index in [0.717, 1.165) is 35.6 Å². The predicted molar refractivity (Wildman–Crippen MR) is 166 cm³/mol. The van der Waals surface area contributed by atoms with Crippen molar-refractivity contribution in [1.29, 1.82) is 0 Å². The highest BCUT2D eigenvalue weighted by Gasteiger charge is 2.31. The highest BCUT2D eigenvalue weighted by Crippen LogP contribution is 2.31. The minimum absolute atomic E-state index is 0.139. The Morgan fingerprint density at radius 2 is 1.79 bits per heavy atom. The van der Waals surface area contributed by atoms with Gasteiger partial charge < -0.3 is 34.6 Å². The van der Waals surface area contributed by atoms with Crippen molar-refractivity contribution in [2.45, 2.75) is 32.6 Å². The number of pyridine rings is 1. The van der Waals surface area contributed by atoms with Crippen molar-refractivity contribution >= 4 is 23.4 Å². The molecular formula is C33H41N5O5. The number of fused-ring (bicyclic) bond motifs is 3. The predicted octanol–water partition coefficient (Wildman–Crippen LogP) is 4.11. The summed E-state index contributed by atoms with van der Waals surface area (Å²) in [5, 5.41) is 13.1. The maximum Gasteiger partial charge on any atom is 0.321 e. The van der Waals surface area contributed by atoms with Crippen LogP contribution in [0, 0.1) is 5.92 Å². The van der Waals surface area contributed by atoms with Crippen LogP contribution in [-0.2, 0) is 16.1 Å². The minimum atomic E-state index is -0.395. The number of amides is 3. The molecule has 1 saturated heterocycles. The van der Waals surface area contributed by atoms with Gasteiger partial charge in [0, 0.05) is 62.7 Å². The number of morpholine rings is 1. The van der Waals surface area contributed by atoms with E-state index < -0.39 is 6.04 Å². The molecular weight excluding hydrogens is 546 g/mol. The van der Waals surface area contributed by atoms with Gasteiger partial charge in [0.2, 0.25) is 0 Å². The minimum Gasteiger partial charge on any atom is -0.394 e. The van der Waals surface area contributed by atoms with Gasteiger partial charge in [-0.15, -0.1) is 0 Å². The van der Waals surface area contributed by atoms with Crippen LogP contribution in [0.3, 0.4) is 0 Å². The van der Waals surface area contributed by atoms with Crippen molar-refractivity contribution in [2.75, 3.05) is 63.3 Å². The first-order valence-electron chi connectivity index (χ1n) is 14.9. The van der Waals surface area contributed by atoms with E-state index in [4.69, 9.17) is 9.47 Å². The highest BCUT2D eigenvalue weighted by atomic mass is 16.5. The molecule has 0 unspecified atom stereocenters. The van der Waals surface area contributed by atoms with E-state index in [1.807, 2.05) is 68.4 Å². The number of hydrogen-bond acceptors (Lipinski definition) is 7. The Kier molecular flexibility index (Phi) is 9.91. The first-order chi connectivity index (χ1) is 20.9. The fourth-order valence-electron chi connectivity index (χ4n) is 5.58. The average molecular weight is 588 g/mol. The van der Waals surface area contributed by atoms with Gasteiger partial charge in [-0.1, -0.05) is 49.4 Å². The van der Waals surface area contributed by atoms with Crippen molar-refractivity contribution in [3.63, 3.8) is 0 Å². The third-order valence-electron chi connectivity index (χ3n) is 8.23. The largest absolute Gasteiger partial charge is 0.394 e. The average Bonchev–Trinajstić information content (AvgIpc) is 3.06. The summed E-state index contributed by atoms with van der Waals surface area (Å²) in [6.07, 6.45) is 1.31. The van der Waals surface area contributed by atoms with Crippen molar-refractivity contribution in [3.05, 3.63) is 78.0 Å². The van der Waals surface area contributed by atoms with E-state index >= 15 is 0 Å². The Bertz CT molecular complexity index is 1410. The second-order valence-corrected chi connectivity index (χ2v) is 11.3. The van der Waals surface area contributed by atoms with E-state index in [0.29, 0.717) is 44.2 Å². The van der Waals surface area contributed by atoms with Gasteiger partial charge in [0.15, 0.2) is 0 Å². The molecule has 3 aromatic rings. The first-order valence-corrected chi connectivity index (χ1v) is 14.9. The van der Waals surface area contributed by atoms with E-state index in [1.165, 1.54) is 0 Å². The van der Waals surface area contributed by atoms with Crippen LogP contribution < -0.4 is 10.2 Å². The van der Waals surface area contributed by atoms with Crippen molar-refractivity contribution in [1.82, 2.24) is 14.8 Å². The summed E-state index contributed by atoms with van der Waals surface area (Å²) in [7, 11) is 1.74. The molecule has 5 rings (SSSR count). The van der Waals surface area contributed by atoms with Gasteiger partial charge in [0.25, 0.3) is 5.91 Å². The monoisotopic (exact) mass is 587 g/mol. The van der Waals surface area contributed by atoms with Gasteiger partial charge in [-0.2, -0.15) is 0 Å². The molecule has 2 aliphatic heterocycles. The third-order valence-corrected chi connectivity index (χ3v) is 8.23. The van der Waals surface area contributed by atoms with Crippen LogP contribution in [0.15, 0.2) is 66.9 Å². The summed E-state index contributed by atoms with van der Waals surface area (Å²) in [6, 6.07) is 18.5. The number of carbonyl (C=O) groups excluding carboxylic acids is 2. The summed E-state index contributed by atoms with van der Waals surface area (Å²) in [5.74, 6) is 0.519. The van der Waals surface area contributed by atoms with Crippen LogP contribution in [-0.4, -0.2) is 97.0 Å². The van der Waals surface area contributed by atoms with Crippen LogP contribution >= 0.6 is 0 Å². The Morgan fingerprint density at radius 1 is 1.09 bits per heavy atom. The van der Waals surface area contributed by atoms with Crippen LogP contribution in [0.4, 0.5) is 16.3 Å². The molecule has 10 nitrogen and oxygen atoms in total. The second kappa shape index (κ2) is 14.0. The van der Waals surface area contributed by atoms with E-state index in [2.05, 4.69) is 15.2 Å². The lowest BCUT2D eigenvalue weighted by atomic mass is 9.94. The molecule has 0 radical (unpaired) electrons. The number of aromatic nitrogens is 1. The summed E-state index contributed by atoms with van der Waals surface area (Å²) >= 11 is 0. The number of ether oxygens (including phenoxy) is 2. The normalized spacial score (nSPS) is 20.0. The number of urea groups is 1. The number of likely N-dealkylation sites (N-methyl/N-ethyl adjacent to an activating group) is 1. The maximum absolute atomic E-state index is 14.0. The van der Waals surface area contributed by atoms with Crippen molar-refractivity contribution in [2.24, 2.45) is 5.92 Å². The zero-order chi connectivity index (χ0) is 30.3. The molecule has 3 heterocycles. The molecule has 2 aromatic carbocycles. The molecule has 0 aliphatic carbocycles. The van der Waals surface area contributed by atoms with Crippen molar-refractivity contribution < 1.29 is 24.2 Å². The number of nitrogens with zero attached hydrogens (tertiary/aromatic N) is 4. The molecule has 43 heavy (non-hydrogen) atoms. The summed E-state index contributed by atoms with van der Waals surface area (Å²) in [6.45, 7) is 7.50. The van der Waals surface area contributed by atoms with E-state index in [9.17, 15) is 14.7 Å². The van der Waals surface area contributed by atoms with Crippen LogP contribution in [0.25, 0.3) is 11.1 Å². The van der Waals surface area contributed by atoms with Crippen LogP contribution in [0.5, 0.6) is 0 Å². The zero-order valence-electron chi connectivity index (χ0n) is 25.1. The highest BCUT2D eigenvalue weighted by molar-refractivity contribution is 6.01. The topological polar surface area (TPSA) is 107 Å². The number of rotatable bonds is 6. The summed E-state index contributed by atoms with van der Waals surface area (Å²) < 4.78 is 12.0. The number of nitrogens with one attached hydrogen (secondary N) is 1. The third kappa shape index (κ3) is 7.15. The summed E-state index contributed by atoms with van der Waals surface area (Å²) in [5.41, 5.74) is 3.97. The number of aliphatic hydroxyl groups is 1. The van der Waals surface area contributed by atoms with E-state index in [1.54, 1.807) is 29.1 Å². The van der Waals surface area contributed by atoms with Crippen LogP contribution in [0.1, 0.15) is 29.8 Å². The number of anilines is 2. The van der Waals surface area contributed by atoms with Gasteiger partial charge in [0.05, 0.1) is 38.6 Å². The second-order valence-electron chi connectivity index (χ2n) is 11.3. The Hall–Kier alpha value is -3.99. The Morgan fingerprint density at radius 3 is 2.53 bits per heavy atom. The lowest BCUT2D eigenvalue weighted by Crippen LogP contribution is -2.48. The van der Waals surface area contributed by atoms with Gasteiger partial charge in [-0.25, -0.2) is 9.78 Å². The van der Waals surface area contributed by atoms with Gasteiger partial charge >= 0.3 is 6.03 Å². The molecule has 228 valence electrons. The zero-order valence-corrected chi connectivity index (χ0v) is 25.1. The molecule has 3 amide bonds. The SMILES string of the molecule is C[C@H]1CN([C@@H](C)CO)C(=O)c2ccccc2-c2ccccc2CO[C@H]1CN(C)C(=O)Nc1ccnc(N2CCOCC2)c1. The number of aliphatic hydroxyl groups excluding tert-OH is 1. The van der Waals surface area contributed by atoms with Crippen molar-refractivity contribution in [3.8, 4) is 11.1 Å². The Labute approximate surface area is 253 Å². The van der Waals surface area contributed by atoms with Crippen LogP contribution in [0.2, 0.25) is 0 Å². The van der Waals surface area contributed by atoms with Gasteiger partial charge in [-0.05, 0) is 35.7 Å². The number of carbonyl (C=O) groups is 2. The maximum atomic E-state index is 14.0. The lowest BCUT2D eigenvalue weighted by Gasteiger charge is -2.35. The first kappa shape index (κ1) is 30.5. The molecule has 2 N–H and O–H groups in total. The van der Waals surface area contributed by atoms with E-state index in [-0.39, 0.29) is 30.6 Å². The quantitative estimate of drug-likeness (QED) is 0.447. The number of hydrogen-bond donors (Lipinski definition) is 2. The summed E-state index contributed by atoms with van der Waals surface area (Å²) in [4.78, 5) is 37.3. The molecule has 0 saturated carbocycles. The Balaban J connectivity index is 1.37. The fraction of sp³-hybridized carbons (Fsp3) is 0.424. The molecule has 2 aliphatic rings. The molecule has 3 atom stereocenters. The molecule has 10 heteroatoms. The van der Waals surface area contributed by atoms with Gasteiger partial charge in [0.1, 0.15) is 5.82 Å². The van der Waals surface area contributed by atoms with Gasteiger partial charge in [-0.3, -0.25) is 4.79 Å². The smallest absolute Gasteiger partial charge is 0.321 e. The standard InChI is InChI=1S/C33H41N5O5/c1-23-19-38(24(2)21-39)32(40)29-11-7-6-10-28(29)27-9-5-4-8-25(27)22-43-30(23)20-36(3)33(41)35-26-12-13-34-31(18-26)37-14-16-42-17-15-37/h4-13,18,23-24,30,39H,14-17,19-22H2,1-3H3,(H,34,35,41)/t23-,24-,30-/m0/s1.